The molecule has 1 aromatic carbocycles. The molecular weight excluding hydrogens is 265 g/mol. The fourth-order valence-corrected chi connectivity index (χ4v) is 1.97. The van der Waals surface area contributed by atoms with Crippen LogP contribution in [0.25, 0.3) is 0 Å². The molecule has 3 nitrogen and oxygen atoms in total. The van der Waals surface area contributed by atoms with Crippen LogP contribution in [-0.4, -0.2) is 12.2 Å². The third kappa shape index (κ3) is 1.59. The lowest BCUT2D eigenvalue weighted by atomic mass is 10.0. The second-order valence-electron chi connectivity index (χ2n) is 3.76. The predicted octanol–water partition coefficient (Wildman–Crippen LogP) is 2.25. The minimum Gasteiger partial charge on any atom is -0.504 e. The molecule has 1 fully saturated rings. The van der Waals surface area contributed by atoms with Gasteiger partial charge in [-0.15, -0.1) is 0 Å². The van der Waals surface area contributed by atoms with Gasteiger partial charge in [0.15, 0.2) is 11.5 Å². The van der Waals surface area contributed by atoms with Crippen LogP contribution < -0.4 is 10.5 Å². The van der Waals surface area contributed by atoms with Gasteiger partial charge < -0.3 is 15.6 Å². The Kier molecular flexibility index (Phi) is 2.39. The number of nitrogens with two attached hydrogens (primary N) is 1. The summed E-state index contributed by atoms with van der Waals surface area (Å²) in [6, 6.07) is 1.62. The Hall–Kier alpha value is -0.810. The van der Waals surface area contributed by atoms with Gasteiger partial charge in [0.2, 0.25) is 5.82 Å². The first-order chi connectivity index (χ1) is 6.99. The van der Waals surface area contributed by atoms with Crippen LogP contribution in [0.1, 0.15) is 18.4 Å². The lowest BCUT2D eigenvalue weighted by Crippen LogP contribution is -2.20. The Morgan fingerprint density at radius 2 is 2.20 bits per heavy atom. The number of benzene rings is 1. The van der Waals surface area contributed by atoms with Gasteiger partial charge in [0.25, 0.3) is 0 Å². The molecule has 0 bridgehead atoms. The molecule has 1 aliphatic rings. The molecule has 0 aliphatic heterocycles. The van der Waals surface area contributed by atoms with E-state index in [1.807, 2.05) is 0 Å². The van der Waals surface area contributed by atoms with E-state index >= 15 is 0 Å². The SMILES string of the molecule is COc1c(C2(N)CC2)cc(Br)c(O)c1F. The maximum Gasteiger partial charge on any atom is 0.208 e. The van der Waals surface area contributed by atoms with Gasteiger partial charge in [-0.3, -0.25) is 0 Å². The molecule has 1 saturated carbocycles. The molecule has 2 rings (SSSR count). The molecule has 0 heterocycles. The van der Waals surface area contributed by atoms with Gasteiger partial charge in [-0.2, -0.15) is 4.39 Å². The van der Waals surface area contributed by atoms with Crippen LogP contribution >= 0.6 is 15.9 Å². The molecule has 0 unspecified atom stereocenters. The Balaban J connectivity index is 2.63. The Bertz CT molecular complexity index is 418. The van der Waals surface area contributed by atoms with Gasteiger partial charge in [-0.25, -0.2) is 0 Å². The first-order valence-corrected chi connectivity index (χ1v) is 5.33. The number of hydrogen-bond donors (Lipinski definition) is 2. The summed E-state index contributed by atoms with van der Waals surface area (Å²) in [5.41, 5.74) is 6.09. The lowest BCUT2D eigenvalue weighted by molar-refractivity contribution is 0.355. The van der Waals surface area contributed by atoms with E-state index in [9.17, 15) is 9.50 Å². The molecular formula is C10H11BrFNO2. The van der Waals surface area contributed by atoms with Crippen molar-refractivity contribution in [2.45, 2.75) is 18.4 Å². The van der Waals surface area contributed by atoms with Crippen molar-refractivity contribution in [1.82, 2.24) is 0 Å². The molecule has 0 saturated heterocycles. The Morgan fingerprint density at radius 1 is 1.60 bits per heavy atom. The summed E-state index contributed by atoms with van der Waals surface area (Å²) in [6.45, 7) is 0. The summed E-state index contributed by atoms with van der Waals surface area (Å²) in [5, 5.41) is 9.39. The third-order valence-corrected chi connectivity index (χ3v) is 3.28. The van der Waals surface area contributed by atoms with Gasteiger partial charge in [0.05, 0.1) is 11.6 Å². The van der Waals surface area contributed by atoms with E-state index in [1.54, 1.807) is 6.07 Å². The summed E-state index contributed by atoms with van der Waals surface area (Å²) in [6.07, 6.45) is 1.61. The van der Waals surface area contributed by atoms with E-state index in [1.165, 1.54) is 7.11 Å². The molecule has 15 heavy (non-hydrogen) atoms. The zero-order chi connectivity index (χ0) is 11.2. The summed E-state index contributed by atoms with van der Waals surface area (Å²) in [4.78, 5) is 0. The molecule has 0 amide bonds. The van der Waals surface area contributed by atoms with Crippen molar-refractivity contribution >= 4 is 15.9 Å². The van der Waals surface area contributed by atoms with Crippen molar-refractivity contribution in [2.75, 3.05) is 7.11 Å². The second-order valence-corrected chi connectivity index (χ2v) is 4.61. The zero-order valence-corrected chi connectivity index (χ0v) is 9.77. The maximum atomic E-state index is 13.6. The first kappa shape index (κ1) is 10.7. The summed E-state index contributed by atoms with van der Waals surface area (Å²) in [7, 11) is 1.36. The fourth-order valence-electron chi connectivity index (χ4n) is 1.56. The zero-order valence-electron chi connectivity index (χ0n) is 8.18. The van der Waals surface area contributed by atoms with Crippen molar-refractivity contribution < 1.29 is 14.2 Å². The molecule has 1 aromatic rings. The molecule has 82 valence electrons. The first-order valence-electron chi connectivity index (χ1n) is 4.54. The van der Waals surface area contributed by atoms with Crippen molar-refractivity contribution in [2.24, 2.45) is 5.73 Å². The number of phenolic OH excluding ortho intramolecular Hbond substituents is 1. The lowest BCUT2D eigenvalue weighted by Gasteiger charge is -2.16. The van der Waals surface area contributed by atoms with Gasteiger partial charge in [0.1, 0.15) is 0 Å². The highest BCUT2D eigenvalue weighted by atomic mass is 79.9. The average Bonchev–Trinajstić information content (AvgIpc) is 2.94. The van der Waals surface area contributed by atoms with E-state index in [-0.39, 0.29) is 5.75 Å². The highest BCUT2D eigenvalue weighted by molar-refractivity contribution is 9.10. The summed E-state index contributed by atoms with van der Waals surface area (Å²) < 4.78 is 18.9. The van der Waals surface area contributed by atoms with E-state index < -0.39 is 17.1 Å². The smallest absolute Gasteiger partial charge is 0.208 e. The minimum atomic E-state index is -0.765. The van der Waals surface area contributed by atoms with Gasteiger partial charge in [-0.05, 0) is 34.8 Å². The van der Waals surface area contributed by atoms with E-state index in [0.717, 1.165) is 12.8 Å². The average molecular weight is 276 g/mol. The van der Waals surface area contributed by atoms with Crippen LogP contribution in [0.5, 0.6) is 11.5 Å². The fraction of sp³-hybridized carbons (Fsp3) is 0.400. The minimum absolute atomic E-state index is 0.0377. The summed E-state index contributed by atoms with van der Waals surface area (Å²) >= 11 is 3.08. The number of halogens is 2. The van der Waals surface area contributed by atoms with Crippen LogP contribution in [-0.2, 0) is 5.54 Å². The third-order valence-electron chi connectivity index (χ3n) is 2.68. The Morgan fingerprint density at radius 3 is 2.67 bits per heavy atom. The van der Waals surface area contributed by atoms with Crippen molar-refractivity contribution in [1.29, 1.82) is 0 Å². The number of hydrogen-bond acceptors (Lipinski definition) is 3. The van der Waals surface area contributed by atoms with Crippen molar-refractivity contribution in [3.63, 3.8) is 0 Å². The van der Waals surface area contributed by atoms with Crippen LogP contribution in [0.15, 0.2) is 10.5 Å². The normalized spacial score (nSPS) is 17.6. The van der Waals surface area contributed by atoms with Gasteiger partial charge in [-0.1, -0.05) is 0 Å². The number of ether oxygens (including phenoxy) is 1. The standard InChI is InChI=1S/C10H11BrFNO2/c1-15-9-5(10(13)2-3-10)4-6(11)8(14)7(9)12/h4,14H,2-3,13H2,1H3. The molecule has 0 atom stereocenters. The quantitative estimate of drug-likeness (QED) is 0.871. The van der Waals surface area contributed by atoms with Crippen LogP contribution in [0.2, 0.25) is 0 Å². The van der Waals surface area contributed by atoms with Crippen molar-refractivity contribution in [3.8, 4) is 11.5 Å². The highest BCUT2D eigenvalue weighted by Crippen LogP contribution is 2.50. The number of rotatable bonds is 2. The second kappa shape index (κ2) is 3.35. The molecule has 1 aliphatic carbocycles. The Labute approximate surface area is 95.2 Å². The largest absolute Gasteiger partial charge is 0.504 e. The van der Waals surface area contributed by atoms with E-state index in [4.69, 9.17) is 10.5 Å². The molecule has 5 heteroatoms. The van der Waals surface area contributed by atoms with Gasteiger partial charge in [0, 0.05) is 11.1 Å². The van der Waals surface area contributed by atoms with Crippen LogP contribution in [0, 0.1) is 5.82 Å². The van der Waals surface area contributed by atoms with Crippen molar-refractivity contribution in [3.05, 3.63) is 21.9 Å². The topological polar surface area (TPSA) is 55.5 Å². The molecule has 0 spiro atoms. The predicted molar refractivity (Wildman–Crippen MR) is 57.4 cm³/mol. The number of methoxy groups -OCH3 is 1. The monoisotopic (exact) mass is 275 g/mol. The van der Waals surface area contributed by atoms with E-state index in [0.29, 0.717) is 10.0 Å². The highest BCUT2D eigenvalue weighted by Gasteiger charge is 2.43. The maximum absolute atomic E-state index is 13.6. The molecule has 3 N–H and O–H groups in total. The van der Waals surface area contributed by atoms with Crippen LogP contribution in [0.3, 0.4) is 0 Å². The summed E-state index contributed by atoms with van der Waals surface area (Å²) in [5.74, 6) is -1.17. The van der Waals surface area contributed by atoms with Gasteiger partial charge >= 0.3 is 0 Å². The van der Waals surface area contributed by atoms with Crippen LogP contribution in [0.4, 0.5) is 4.39 Å². The molecule has 0 aromatic heterocycles. The van der Waals surface area contributed by atoms with E-state index in [2.05, 4.69) is 15.9 Å². The molecule has 0 radical (unpaired) electrons. The number of aromatic hydroxyl groups is 1. The number of phenols is 1.